The van der Waals surface area contributed by atoms with Gasteiger partial charge in [0.25, 0.3) is 11.5 Å². The van der Waals surface area contributed by atoms with Crippen molar-refractivity contribution in [2.75, 3.05) is 24.5 Å². The number of rotatable bonds is 6. The van der Waals surface area contributed by atoms with Crippen LogP contribution >= 0.6 is 24.0 Å². The SMILES string of the molecule is Cc1c(C=C2SC(=S)N(CCCc3ccccc3)C2=O)c(N2CCCC2)n(C)c(=O)c1C#N. The van der Waals surface area contributed by atoms with E-state index in [-0.39, 0.29) is 17.0 Å². The average molecular weight is 479 g/mol. The number of carbonyl (C=O) groups is 1. The molecule has 3 heterocycles. The van der Waals surface area contributed by atoms with Crippen molar-refractivity contribution in [3.05, 3.63) is 67.8 Å². The van der Waals surface area contributed by atoms with Gasteiger partial charge in [0.15, 0.2) is 0 Å². The number of pyridine rings is 1. The maximum Gasteiger partial charge on any atom is 0.270 e. The van der Waals surface area contributed by atoms with Crippen molar-refractivity contribution in [2.45, 2.75) is 32.6 Å². The van der Waals surface area contributed by atoms with Crippen LogP contribution < -0.4 is 10.5 Å². The van der Waals surface area contributed by atoms with Gasteiger partial charge in [0.2, 0.25) is 0 Å². The van der Waals surface area contributed by atoms with Crippen LogP contribution in [0.25, 0.3) is 6.08 Å². The Morgan fingerprint density at radius 2 is 1.88 bits per heavy atom. The van der Waals surface area contributed by atoms with Gasteiger partial charge in [0.05, 0.1) is 4.91 Å². The molecule has 0 spiro atoms. The molecule has 8 heteroatoms. The molecular weight excluding hydrogens is 452 g/mol. The lowest BCUT2D eigenvalue weighted by molar-refractivity contribution is -0.122. The zero-order valence-electron chi connectivity index (χ0n) is 18.8. The molecule has 2 saturated heterocycles. The van der Waals surface area contributed by atoms with Gasteiger partial charge in [-0.25, -0.2) is 0 Å². The molecule has 1 aromatic carbocycles. The number of aromatic nitrogens is 1. The van der Waals surface area contributed by atoms with Crippen molar-refractivity contribution >= 4 is 46.1 Å². The number of benzene rings is 1. The van der Waals surface area contributed by atoms with Crippen molar-refractivity contribution in [1.82, 2.24) is 9.47 Å². The van der Waals surface area contributed by atoms with Crippen LogP contribution in [0.4, 0.5) is 5.82 Å². The molecule has 4 rings (SSSR count). The molecule has 2 aliphatic heterocycles. The molecular formula is C25H26N4O2S2. The zero-order chi connectivity index (χ0) is 23.5. The fourth-order valence-electron chi connectivity index (χ4n) is 4.43. The minimum absolute atomic E-state index is 0.114. The van der Waals surface area contributed by atoms with E-state index in [0.29, 0.717) is 21.3 Å². The van der Waals surface area contributed by atoms with E-state index in [4.69, 9.17) is 12.2 Å². The van der Waals surface area contributed by atoms with E-state index in [1.54, 1.807) is 23.4 Å². The highest BCUT2D eigenvalue weighted by atomic mass is 32.2. The fourth-order valence-corrected chi connectivity index (χ4v) is 5.72. The number of aryl methyl sites for hydroxylation is 1. The normalized spacial score (nSPS) is 17.3. The standard InChI is InChI=1S/C25H26N4O2S2/c1-17-19(22(28-12-6-7-13-28)27(2)23(30)20(17)16-26)15-21-24(31)29(25(32)33-21)14-8-11-18-9-4-3-5-10-18/h3-5,9-10,15H,6-8,11-14H2,1-2H3. The first kappa shape index (κ1) is 23.3. The largest absolute Gasteiger partial charge is 0.357 e. The number of nitriles is 1. The summed E-state index contributed by atoms with van der Waals surface area (Å²) in [7, 11) is 1.70. The van der Waals surface area contributed by atoms with E-state index in [1.807, 2.05) is 24.3 Å². The summed E-state index contributed by atoms with van der Waals surface area (Å²) in [5, 5.41) is 9.59. The Morgan fingerprint density at radius 1 is 1.18 bits per heavy atom. The molecule has 2 aliphatic rings. The van der Waals surface area contributed by atoms with Crippen LogP contribution in [0.5, 0.6) is 0 Å². The number of nitrogens with zero attached hydrogens (tertiary/aromatic N) is 4. The van der Waals surface area contributed by atoms with E-state index in [2.05, 4.69) is 23.1 Å². The van der Waals surface area contributed by atoms with Crippen LogP contribution in [-0.2, 0) is 18.3 Å². The molecule has 0 radical (unpaired) electrons. The number of hydrogen-bond donors (Lipinski definition) is 0. The first-order valence-corrected chi connectivity index (χ1v) is 12.3. The number of amides is 1. The molecule has 0 unspecified atom stereocenters. The summed E-state index contributed by atoms with van der Waals surface area (Å²) in [6.45, 7) is 4.04. The summed E-state index contributed by atoms with van der Waals surface area (Å²) < 4.78 is 2.09. The van der Waals surface area contributed by atoms with E-state index >= 15 is 0 Å². The number of anilines is 1. The quantitative estimate of drug-likeness (QED) is 0.462. The second-order valence-corrected chi connectivity index (χ2v) is 10.0. The summed E-state index contributed by atoms with van der Waals surface area (Å²) in [5.74, 6) is 0.653. The highest BCUT2D eigenvalue weighted by molar-refractivity contribution is 8.26. The van der Waals surface area contributed by atoms with E-state index in [9.17, 15) is 14.9 Å². The number of carbonyl (C=O) groups excluding carboxylic acids is 1. The predicted molar refractivity (Wildman–Crippen MR) is 137 cm³/mol. The summed E-state index contributed by atoms with van der Waals surface area (Å²) in [6, 6.07) is 12.2. The van der Waals surface area contributed by atoms with Gasteiger partial charge in [-0.1, -0.05) is 54.3 Å². The van der Waals surface area contributed by atoms with Gasteiger partial charge in [-0.05, 0) is 49.8 Å². The highest BCUT2D eigenvalue weighted by Gasteiger charge is 2.33. The molecule has 2 fully saturated rings. The number of thiocarbonyl (C=S) groups is 1. The Morgan fingerprint density at radius 3 is 2.55 bits per heavy atom. The van der Waals surface area contributed by atoms with Crippen LogP contribution in [-0.4, -0.2) is 39.3 Å². The summed E-state index contributed by atoms with van der Waals surface area (Å²) in [6.07, 6.45) is 5.62. The summed E-state index contributed by atoms with van der Waals surface area (Å²) in [5.41, 5.74) is 2.41. The first-order valence-electron chi connectivity index (χ1n) is 11.1. The Kier molecular flexibility index (Phi) is 7.01. The second kappa shape index (κ2) is 9.94. The van der Waals surface area contributed by atoms with Gasteiger partial charge in [0, 0.05) is 32.2 Å². The fraction of sp³-hybridized carbons (Fsp3) is 0.360. The van der Waals surface area contributed by atoms with Gasteiger partial charge in [0.1, 0.15) is 21.8 Å². The van der Waals surface area contributed by atoms with Crippen molar-refractivity contribution in [1.29, 1.82) is 5.26 Å². The molecule has 1 aromatic heterocycles. The zero-order valence-corrected chi connectivity index (χ0v) is 20.5. The van der Waals surface area contributed by atoms with Gasteiger partial charge in [-0.3, -0.25) is 19.1 Å². The van der Waals surface area contributed by atoms with E-state index in [1.165, 1.54) is 17.3 Å². The third-order valence-electron chi connectivity index (χ3n) is 6.21. The van der Waals surface area contributed by atoms with Crippen LogP contribution in [0.15, 0.2) is 40.0 Å². The van der Waals surface area contributed by atoms with Crippen LogP contribution in [0.3, 0.4) is 0 Å². The van der Waals surface area contributed by atoms with Crippen molar-refractivity contribution < 1.29 is 4.79 Å². The number of hydrogen-bond acceptors (Lipinski definition) is 6. The third kappa shape index (κ3) is 4.61. The third-order valence-corrected chi connectivity index (χ3v) is 7.59. The highest BCUT2D eigenvalue weighted by Crippen LogP contribution is 2.36. The molecule has 6 nitrogen and oxygen atoms in total. The van der Waals surface area contributed by atoms with Crippen molar-refractivity contribution in [3.63, 3.8) is 0 Å². The minimum Gasteiger partial charge on any atom is -0.357 e. The minimum atomic E-state index is -0.303. The Hall–Kier alpha value is -2.89. The second-order valence-electron chi connectivity index (χ2n) is 8.33. The maximum absolute atomic E-state index is 13.2. The van der Waals surface area contributed by atoms with Crippen LogP contribution in [0.2, 0.25) is 0 Å². The number of thioether (sulfide) groups is 1. The van der Waals surface area contributed by atoms with Gasteiger partial charge >= 0.3 is 0 Å². The maximum atomic E-state index is 13.2. The van der Waals surface area contributed by atoms with Gasteiger partial charge < -0.3 is 4.90 Å². The predicted octanol–water partition coefficient (Wildman–Crippen LogP) is 4.00. The molecule has 170 valence electrons. The lowest BCUT2D eigenvalue weighted by atomic mass is 10.0. The molecule has 0 saturated carbocycles. The Bertz CT molecular complexity index is 1220. The van der Waals surface area contributed by atoms with Crippen LogP contribution in [0.1, 0.15) is 41.5 Å². The topological polar surface area (TPSA) is 69.3 Å². The molecule has 0 bridgehead atoms. The van der Waals surface area contributed by atoms with E-state index < -0.39 is 0 Å². The van der Waals surface area contributed by atoms with Crippen molar-refractivity contribution in [2.24, 2.45) is 7.05 Å². The molecule has 1 amide bonds. The van der Waals surface area contributed by atoms with E-state index in [0.717, 1.165) is 50.2 Å². The molecule has 2 aromatic rings. The smallest absolute Gasteiger partial charge is 0.270 e. The molecule has 0 N–H and O–H groups in total. The molecule has 33 heavy (non-hydrogen) atoms. The Balaban J connectivity index is 1.64. The average Bonchev–Trinajstić information content (AvgIpc) is 3.43. The summed E-state index contributed by atoms with van der Waals surface area (Å²) >= 11 is 6.80. The molecule has 0 atom stereocenters. The first-order chi connectivity index (χ1) is 15.9. The lowest BCUT2D eigenvalue weighted by Gasteiger charge is -2.25. The Labute approximate surface area is 203 Å². The van der Waals surface area contributed by atoms with Crippen molar-refractivity contribution in [3.8, 4) is 6.07 Å². The van der Waals surface area contributed by atoms with Crippen LogP contribution in [0, 0.1) is 18.3 Å². The monoisotopic (exact) mass is 478 g/mol. The van der Waals surface area contributed by atoms with Gasteiger partial charge in [-0.15, -0.1) is 0 Å². The summed E-state index contributed by atoms with van der Waals surface area (Å²) in [4.78, 5) is 30.4. The molecule has 0 aliphatic carbocycles. The van der Waals surface area contributed by atoms with Gasteiger partial charge in [-0.2, -0.15) is 5.26 Å². The lowest BCUT2D eigenvalue weighted by Crippen LogP contribution is -2.31.